The van der Waals surface area contributed by atoms with E-state index in [0.29, 0.717) is 5.92 Å². The molecule has 0 N–H and O–H groups in total. The molecular weight excluding hydrogens is 909 g/mol. The molecule has 5 heteroatoms. The van der Waals surface area contributed by atoms with E-state index < -0.39 is 13.3 Å². The summed E-state index contributed by atoms with van der Waals surface area (Å²) >= 11 is -1.83. The standard InChI is InChI=1S/C33H32NO.C17H22GeN.Ir/c1-22-14-16-28-27-17-15-24(23-10-6-5-7-11-23)20-30(27)35-32(28)31(22)29-21-26(18-19-34(29)4)33(2,3)25-12-8-9-13-25;1-13-9-7-8-10-15(13)17-11-14(2)16(12-19(17)6)18(3,4)5;/h5-7,10-11,14-21,25H,1,4,8-9,12-13H2,2-3H3;7-12H,1,6H2,2-5H3;/q2*-1;. The maximum Gasteiger partial charge on any atom is 0 e. The van der Waals surface area contributed by atoms with Gasteiger partial charge in [0.05, 0.1) is 17.5 Å². The summed E-state index contributed by atoms with van der Waals surface area (Å²) < 4.78 is 12.1. The Balaban J connectivity index is 0.000000219. The average molecular weight is 964 g/mol. The van der Waals surface area contributed by atoms with Crippen molar-refractivity contribution < 1.29 is 33.7 Å². The van der Waals surface area contributed by atoms with Crippen LogP contribution in [0.25, 0.3) is 55.6 Å². The molecule has 1 fully saturated rings. The first-order valence-corrected chi connectivity index (χ1v) is 26.6. The van der Waals surface area contributed by atoms with Crippen LogP contribution in [-0.4, -0.2) is 13.3 Å². The van der Waals surface area contributed by atoms with Gasteiger partial charge in [0.15, 0.2) is 0 Å². The van der Waals surface area contributed by atoms with E-state index in [-0.39, 0.29) is 25.5 Å². The van der Waals surface area contributed by atoms with Crippen molar-refractivity contribution in [2.24, 2.45) is 5.92 Å². The second-order valence-electron chi connectivity index (χ2n) is 16.8. The van der Waals surface area contributed by atoms with Crippen LogP contribution in [0.15, 0.2) is 120 Å². The van der Waals surface area contributed by atoms with Gasteiger partial charge in [0.25, 0.3) is 0 Å². The molecule has 7 aromatic rings. The van der Waals surface area contributed by atoms with Crippen molar-refractivity contribution in [1.29, 1.82) is 0 Å². The Kier molecular flexibility index (Phi) is 11.7. The fourth-order valence-electron chi connectivity index (χ4n) is 8.48. The summed E-state index contributed by atoms with van der Waals surface area (Å²) in [6.07, 6.45) is 9.62. The molecule has 8 rings (SSSR count). The Labute approximate surface area is 345 Å². The molecule has 285 valence electrons. The topological polar surface area (TPSA) is 20.9 Å². The van der Waals surface area contributed by atoms with Gasteiger partial charge in [-0.3, -0.25) is 0 Å². The van der Waals surface area contributed by atoms with Crippen LogP contribution in [0, 0.1) is 40.8 Å². The van der Waals surface area contributed by atoms with Crippen molar-refractivity contribution in [1.82, 2.24) is 0 Å². The maximum atomic E-state index is 6.58. The number of hydrogen-bond donors (Lipinski definition) is 0. The van der Waals surface area contributed by atoms with Gasteiger partial charge in [0.1, 0.15) is 5.58 Å². The summed E-state index contributed by atoms with van der Waals surface area (Å²) in [5.74, 6) is 7.96. The van der Waals surface area contributed by atoms with E-state index in [0.717, 1.165) is 61.1 Å². The first kappa shape index (κ1) is 40.3. The van der Waals surface area contributed by atoms with Crippen LogP contribution in [0.3, 0.4) is 0 Å². The van der Waals surface area contributed by atoms with Crippen LogP contribution < -0.4 is 13.5 Å². The molecule has 1 aliphatic rings. The largest absolute Gasteiger partial charge is 0 e. The van der Waals surface area contributed by atoms with E-state index >= 15 is 0 Å². The molecule has 3 heterocycles. The molecule has 0 saturated heterocycles. The summed E-state index contributed by atoms with van der Waals surface area (Å²) in [6, 6.07) is 36.2. The summed E-state index contributed by atoms with van der Waals surface area (Å²) in [5.41, 5.74) is 13.3. The van der Waals surface area contributed by atoms with Crippen molar-refractivity contribution in [3.8, 4) is 33.6 Å². The van der Waals surface area contributed by atoms with Gasteiger partial charge in [-0.25, -0.2) is 0 Å². The van der Waals surface area contributed by atoms with E-state index in [4.69, 9.17) is 4.42 Å². The number of benzene rings is 4. The summed E-state index contributed by atoms with van der Waals surface area (Å²) in [7, 11) is 8.49. The van der Waals surface area contributed by atoms with Crippen molar-refractivity contribution in [2.45, 2.75) is 69.1 Å². The number of nitrogens with zero attached hydrogens (tertiary/aromatic N) is 2. The van der Waals surface area contributed by atoms with Crippen molar-refractivity contribution in [3.63, 3.8) is 0 Å². The fraction of sp³-hybridized carbons (Fsp3) is 0.240. The second-order valence-corrected chi connectivity index (χ2v) is 27.3. The van der Waals surface area contributed by atoms with Gasteiger partial charge in [0.2, 0.25) is 0 Å². The average Bonchev–Trinajstić information content (AvgIpc) is 3.83. The van der Waals surface area contributed by atoms with Crippen molar-refractivity contribution in [3.05, 3.63) is 166 Å². The van der Waals surface area contributed by atoms with E-state index in [1.807, 2.05) is 27.3 Å². The van der Waals surface area contributed by atoms with Crippen molar-refractivity contribution >= 4 is 39.6 Å². The molecule has 3 aromatic heterocycles. The minimum Gasteiger partial charge on any atom is 0 e. The van der Waals surface area contributed by atoms with E-state index in [9.17, 15) is 0 Å². The summed E-state index contributed by atoms with van der Waals surface area (Å²) in [4.78, 5) is 0. The number of fused-ring (bicyclic) bond motifs is 3. The summed E-state index contributed by atoms with van der Waals surface area (Å²) in [6.45, 7) is 15.5. The van der Waals surface area contributed by atoms with Gasteiger partial charge < -0.3 is 8.98 Å². The van der Waals surface area contributed by atoms with Crippen LogP contribution in [0.1, 0.15) is 61.8 Å². The third kappa shape index (κ3) is 8.01. The Morgan fingerprint density at radius 3 is 2.07 bits per heavy atom. The van der Waals surface area contributed by atoms with Gasteiger partial charge in [-0.05, 0) is 47.4 Å². The van der Waals surface area contributed by atoms with Crippen molar-refractivity contribution in [2.75, 3.05) is 0 Å². The molecule has 0 aliphatic heterocycles. The smallest absolute Gasteiger partial charge is 0 e. The van der Waals surface area contributed by atoms with Crippen LogP contribution in [0.4, 0.5) is 0 Å². The first-order chi connectivity index (χ1) is 25.7. The maximum absolute atomic E-state index is 6.58. The molecule has 55 heavy (non-hydrogen) atoms. The molecule has 1 radical (unpaired) electrons. The zero-order valence-corrected chi connectivity index (χ0v) is 37.8. The van der Waals surface area contributed by atoms with Gasteiger partial charge >= 0.3 is 119 Å². The van der Waals surface area contributed by atoms with Crippen LogP contribution in [0.5, 0.6) is 0 Å². The monoisotopic (exact) mass is 965 g/mol. The van der Waals surface area contributed by atoms with Crippen LogP contribution in [-0.2, 0) is 25.5 Å². The normalized spacial score (nSPS) is 13.4. The molecule has 4 aromatic carbocycles. The number of aryl methyl sites for hydroxylation is 1. The van der Waals surface area contributed by atoms with E-state index in [1.165, 1.54) is 46.8 Å². The number of hydrogen-bond acceptors (Lipinski definition) is 1. The fourth-order valence-corrected chi connectivity index (χ4v) is 12.3. The van der Waals surface area contributed by atoms with Gasteiger partial charge in [-0.15, -0.1) is 6.07 Å². The molecule has 0 atom stereocenters. The van der Waals surface area contributed by atoms with Gasteiger partial charge in [-0.2, -0.15) is 18.6 Å². The molecule has 0 unspecified atom stereocenters. The molecule has 3 nitrogen and oxygen atoms in total. The molecule has 0 amide bonds. The second kappa shape index (κ2) is 16.0. The summed E-state index contributed by atoms with van der Waals surface area (Å²) in [5, 5.41) is 2.24. The minimum absolute atomic E-state index is 0. The molecule has 0 bridgehead atoms. The Bertz CT molecular complexity index is 2470. The van der Waals surface area contributed by atoms with E-state index in [1.54, 1.807) is 0 Å². The minimum atomic E-state index is -1.83. The molecule has 1 saturated carbocycles. The predicted molar refractivity (Wildman–Crippen MR) is 230 cm³/mol. The number of rotatable bonds is 6. The van der Waals surface area contributed by atoms with Crippen LogP contribution >= 0.6 is 0 Å². The third-order valence-electron chi connectivity index (χ3n) is 11.7. The Hall–Kier alpha value is -4.35. The number of furan rings is 1. The molecule has 0 spiro atoms. The number of aromatic nitrogens is 2. The Morgan fingerprint density at radius 2 is 1.38 bits per heavy atom. The number of pyridine rings is 2. The Morgan fingerprint density at radius 1 is 0.709 bits per heavy atom. The molecule has 1 aliphatic carbocycles. The molecular formula is C50H54GeIrN2O-2. The predicted octanol–water partition coefficient (Wildman–Crippen LogP) is 11.8. The van der Waals surface area contributed by atoms with Gasteiger partial charge in [-0.1, -0.05) is 86.3 Å². The first-order valence-electron chi connectivity index (χ1n) is 19.3. The van der Waals surface area contributed by atoms with Gasteiger partial charge in [0, 0.05) is 37.9 Å². The SMILES string of the molecule is [CH2-]c1ccc2c(oc3cc(-c4ccccc4)ccc32)c1-c1cc(C(C)(C)C2CCCC2)cc[n+]1[CH2-].[CH2-]c1ccccc1-c1cc(C)[c]([Ge]([CH3])([CH3])[CH3])c[n+]1[CH2-].[Ir]. The zero-order valence-electron chi connectivity index (χ0n) is 33.3. The zero-order chi connectivity index (χ0) is 38.4. The quantitative estimate of drug-likeness (QED) is 0.0924. The van der Waals surface area contributed by atoms with E-state index in [2.05, 4.69) is 163 Å². The van der Waals surface area contributed by atoms with Crippen LogP contribution in [0.2, 0.25) is 17.3 Å². The third-order valence-corrected chi connectivity index (χ3v) is 16.2.